The van der Waals surface area contributed by atoms with Crippen LogP contribution >= 0.6 is 0 Å². The zero-order chi connectivity index (χ0) is 19.7. The van der Waals surface area contributed by atoms with E-state index < -0.39 is 5.54 Å². The van der Waals surface area contributed by atoms with E-state index in [9.17, 15) is 9.18 Å². The van der Waals surface area contributed by atoms with Crippen LogP contribution in [0.1, 0.15) is 39.5 Å². The van der Waals surface area contributed by atoms with E-state index in [-0.39, 0.29) is 17.9 Å². The van der Waals surface area contributed by atoms with Crippen molar-refractivity contribution in [2.24, 2.45) is 4.99 Å². The van der Waals surface area contributed by atoms with Crippen LogP contribution in [-0.4, -0.2) is 59.4 Å². The van der Waals surface area contributed by atoms with E-state index in [0.29, 0.717) is 5.69 Å². The van der Waals surface area contributed by atoms with Gasteiger partial charge in [0.1, 0.15) is 17.2 Å². The summed E-state index contributed by atoms with van der Waals surface area (Å²) in [6.45, 7) is 7.48. The third-order valence-corrected chi connectivity index (χ3v) is 6.24. The molecule has 1 aromatic carbocycles. The number of amidine groups is 1. The Kier molecular flexibility index (Phi) is 5.11. The Balaban J connectivity index is 1.72. The lowest BCUT2D eigenvalue weighted by atomic mass is 9.80. The van der Waals surface area contributed by atoms with Crippen molar-refractivity contribution < 1.29 is 9.18 Å². The molecule has 2 fully saturated rings. The molecule has 3 aliphatic rings. The highest BCUT2D eigenvalue weighted by Gasteiger charge is 2.55. The average molecular weight is 382 g/mol. The zero-order valence-corrected chi connectivity index (χ0v) is 16.6. The Bertz CT molecular complexity index is 852. The smallest absolute Gasteiger partial charge is 0.350 e. The standard InChI is InChI=1S/C22H27FN4O/c1-3-4-11-25-14-10-22(16-17(25)2)20(26-12-5-6-13-26)24-21(28)27(22)19-9-7-8-18(23)15-19/h7-9,15,17H,5-6,10-14,16H2,1-2H3/t17-,22-/m1/s1. The maximum absolute atomic E-state index is 14.0. The Morgan fingerprint density at radius 3 is 2.75 bits per heavy atom. The Hall–Kier alpha value is -2.39. The second kappa shape index (κ2) is 7.56. The summed E-state index contributed by atoms with van der Waals surface area (Å²) in [5.74, 6) is 6.67. The minimum absolute atomic E-state index is 0.254. The quantitative estimate of drug-likeness (QED) is 0.735. The number of piperidine rings is 1. The van der Waals surface area contributed by atoms with E-state index in [1.165, 1.54) is 12.1 Å². The van der Waals surface area contributed by atoms with Gasteiger partial charge in [-0.1, -0.05) is 12.0 Å². The molecule has 0 unspecified atom stereocenters. The maximum atomic E-state index is 14.0. The second-order valence-electron chi connectivity index (χ2n) is 7.96. The Morgan fingerprint density at radius 2 is 2.07 bits per heavy atom. The number of rotatable bonds is 2. The fourth-order valence-electron chi connectivity index (χ4n) is 4.88. The molecular weight excluding hydrogens is 355 g/mol. The van der Waals surface area contributed by atoms with Crippen LogP contribution in [-0.2, 0) is 0 Å². The van der Waals surface area contributed by atoms with Crippen molar-refractivity contribution in [2.45, 2.75) is 51.1 Å². The molecule has 6 heteroatoms. The summed E-state index contributed by atoms with van der Waals surface area (Å²) in [5, 5.41) is 0. The molecule has 1 spiro atoms. The first kappa shape index (κ1) is 18.9. The van der Waals surface area contributed by atoms with E-state index in [1.54, 1.807) is 11.0 Å². The summed E-state index contributed by atoms with van der Waals surface area (Å²) in [7, 11) is 0. The third-order valence-electron chi connectivity index (χ3n) is 6.24. The van der Waals surface area contributed by atoms with Crippen LogP contribution in [0.25, 0.3) is 0 Å². The van der Waals surface area contributed by atoms with Crippen molar-refractivity contribution in [1.82, 2.24) is 9.80 Å². The first-order valence-electron chi connectivity index (χ1n) is 10.1. The number of aliphatic imine (C=N–C) groups is 1. The molecule has 0 radical (unpaired) electrons. The number of hydrogen-bond donors (Lipinski definition) is 0. The molecule has 0 saturated carbocycles. The molecule has 3 aliphatic heterocycles. The highest BCUT2D eigenvalue weighted by Crippen LogP contribution is 2.42. The van der Waals surface area contributed by atoms with Crippen molar-refractivity contribution in [3.8, 4) is 11.8 Å². The molecule has 0 aromatic heterocycles. The van der Waals surface area contributed by atoms with Gasteiger partial charge in [-0.15, -0.1) is 5.92 Å². The van der Waals surface area contributed by atoms with Crippen molar-refractivity contribution in [1.29, 1.82) is 0 Å². The zero-order valence-electron chi connectivity index (χ0n) is 16.6. The van der Waals surface area contributed by atoms with Crippen molar-refractivity contribution in [3.05, 3.63) is 30.1 Å². The molecule has 0 bridgehead atoms. The number of urea groups is 1. The molecule has 2 amide bonds. The van der Waals surface area contributed by atoms with Gasteiger partial charge >= 0.3 is 6.03 Å². The highest BCUT2D eigenvalue weighted by atomic mass is 19.1. The summed E-state index contributed by atoms with van der Waals surface area (Å²) in [6.07, 6.45) is 3.80. The first-order valence-corrected chi connectivity index (χ1v) is 10.1. The Labute approximate surface area is 166 Å². The molecule has 2 saturated heterocycles. The number of nitrogens with zero attached hydrogens (tertiary/aromatic N) is 4. The van der Waals surface area contributed by atoms with E-state index in [2.05, 4.69) is 33.6 Å². The number of amides is 2. The summed E-state index contributed by atoms with van der Waals surface area (Å²) in [5.41, 5.74) is 0.0852. The van der Waals surface area contributed by atoms with Crippen LogP contribution in [0.5, 0.6) is 0 Å². The summed E-state index contributed by atoms with van der Waals surface area (Å²) >= 11 is 0. The van der Waals surface area contributed by atoms with Crippen LogP contribution in [0.4, 0.5) is 14.9 Å². The number of benzene rings is 1. The van der Waals surface area contributed by atoms with Gasteiger partial charge in [-0.25, -0.2) is 9.18 Å². The van der Waals surface area contributed by atoms with Gasteiger partial charge in [-0.3, -0.25) is 9.80 Å². The maximum Gasteiger partial charge on any atom is 0.350 e. The lowest BCUT2D eigenvalue weighted by Crippen LogP contribution is -2.63. The van der Waals surface area contributed by atoms with Crippen LogP contribution in [0.3, 0.4) is 0 Å². The lowest BCUT2D eigenvalue weighted by Gasteiger charge is -2.49. The van der Waals surface area contributed by atoms with Gasteiger partial charge in [0.15, 0.2) is 0 Å². The molecule has 0 aliphatic carbocycles. The third kappa shape index (κ3) is 3.18. The molecule has 2 atom stereocenters. The Morgan fingerprint density at radius 1 is 1.29 bits per heavy atom. The normalized spacial score (nSPS) is 27.9. The fraction of sp³-hybridized carbons (Fsp3) is 0.545. The van der Waals surface area contributed by atoms with Gasteiger partial charge in [0.25, 0.3) is 0 Å². The van der Waals surface area contributed by atoms with Gasteiger partial charge in [0.05, 0.1) is 6.54 Å². The SMILES string of the molecule is CC#CCN1CC[C@@]2(C[C@H]1C)C(N1CCCC1)=NC(=O)N2c1cccc(F)c1. The van der Waals surface area contributed by atoms with E-state index in [0.717, 1.165) is 57.7 Å². The molecule has 28 heavy (non-hydrogen) atoms. The van der Waals surface area contributed by atoms with E-state index in [4.69, 9.17) is 0 Å². The number of carbonyl (C=O) groups is 1. The molecular formula is C22H27FN4O. The predicted octanol–water partition coefficient (Wildman–Crippen LogP) is 3.51. The van der Waals surface area contributed by atoms with Crippen LogP contribution < -0.4 is 4.90 Å². The highest BCUT2D eigenvalue weighted by molar-refractivity contribution is 6.16. The lowest BCUT2D eigenvalue weighted by molar-refractivity contribution is 0.142. The van der Waals surface area contributed by atoms with Crippen molar-refractivity contribution in [3.63, 3.8) is 0 Å². The number of likely N-dealkylation sites (tertiary alicyclic amines) is 2. The summed E-state index contributed by atoms with van der Waals surface area (Å²) in [6, 6.07) is 6.31. The molecule has 148 valence electrons. The predicted molar refractivity (Wildman–Crippen MR) is 109 cm³/mol. The molecule has 5 nitrogen and oxygen atoms in total. The largest absolute Gasteiger partial charge is 0.358 e. The van der Waals surface area contributed by atoms with Crippen molar-refractivity contribution >= 4 is 17.6 Å². The van der Waals surface area contributed by atoms with Crippen LogP contribution in [0.15, 0.2) is 29.3 Å². The van der Waals surface area contributed by atoms with E-state index >= 15 is 0 Å². The number of anilines is 1. The van der Waals surface area contributed by atoms with Crippen molar-refractivity contribution in [2.75, 3.05) is 31.1 Å². The fourth-order valence-corrected chi connectivity index (χ4v) is 4.88. The summed E-state index contributed by atoms with van der Waals surface area (Å²) in [4.78, 5) is 23.9. The minimum atomic E-state index is -0.509. The minimum Gasteiger partial charge on any atom is -0.358 e. The van der Waals surface area contributed by atoms with Gasteiger partial charge in [-0.05, 0) is 57.7 Å². The molecule has 1 aromatic rings. The summed E-state index contributed by atoms with van der Waals surface area (Å²) < 4.78 is 14.0. The topological polar surface area (TPSA) is 39.1 Å². The van der Waals surface area contributed by atoms with Crippen LogP contribution in [0.2, 0.25) is 0 Å². The number of carbonyl (C=O) groups excluding carboxylic acids is 1. The van der Waals surface area contributed by atoms with Gasteiger partial charge < -0.3 is 4.90 Å². The van der Waals surface area contributed by atoms with Crippen LogP contribution in [0, 0.1) is 17.7 Å². The molecule has 4 rings (SSSR count). The van der Waals surface area contributed by atoms with E-state index in [1.807, 2.05) is 13.0 Å². The van der Waals surface area contributed by atoms with Gasteiger partial charge in [-0.2, -0.15) is 4.99 Å². The molecule has 3 heterocycles. The first-order chi connectivity index (χ1) is 13.5. The number of halogens is 1. The average Bonchev–Trinajstić information content (AvgIpc) is 3.28. The monoisotopic (exact) mass is 382 g/mol. The molecule has 0 N–H and O–H groups in total. The number of hydrogen-bond acceptors (Lipinski definition) is 3. The van der Waals surface area contributed by atoms with Gasteiger partial charge in [0, 0.05) is 31.4 Å². The second-order valence-corrected chi connectivity index (χ2v) is 7.96. The van der Waals surface area contributed by atoms with Gasteiger partial charge in [0.2, 0.25) is 0 Å².